The molecule has 0 aromatic heterocycles. The summed E-state index contributed by atoms with van der Waals surface area (Å²) in [5, 5.41) is 35.6. The molecule has 8 saturated carbocycles. The first kappa shape index (κ1) is 29.2. The first-order valence-electron chi connectivity index (χ1n) is 18.5. The first-order chi connectivity index (χ1) is 22.0. The smallest absolute Gasteiger partial charge is 0.122 e. The molecule has 8 fully saturated rings. The highest BCUT2D eigenvalue weighted by atomic mass is 16.3. The number of hydrogen-bond donors (Lipinski definition) is 3. The van der Waals surface area contributed by atoms with Gasteiger partial charge in [0.1, 0.15) is 17.2 Å². The van der Waals surface area contributed by atoms with Gasteiger partial charge in [0.25, 0.3) is 0 Å². The Morgan fingerprint density at radius 2 is 0.696 bits per heavy atom. The topological polar surface area (TPSA) is 60.7 Å². The Hall–Kier alpha value is -2.94. The molecule has 3 aromatic rings. The summed E-state index contributed by atoms with van der Waals surface area (Å²) in [6.07, 6.45) is 16.7. The van der Waals surface area contributed by atoms with Crippen LogP contribution in [0.5, 0.6) is 17.2 Å². The highest BCUT2D eigenvalue weighted by Crippen LogP contribution is 2.63. The third-order valence-electron chi connectivity index (χ3n) is 14.1. The predicted molar refractivity (Wildman–Crippen MR) is 184 cm³/mol. The summed E-state index contributed by atoms with van der Waals surface area (Å²) in [4.78, 5) is 0. The zero-order valence-electron chi connectivity index (χ0n) is 28.2. The Balaban J connectivity index is 1.04. The molecule has 46 heavy (non-hydrogen) atoms. The standard InChI is InChI=1S/C43H52O3/c1-24-4-33(16-35-6-25(2)8-37(40(35)45)42-18-27-10-28(19-42)12-29(11-27)20-42)39(44)34(5-24)17-36-7-26(3)9-38(41(36)46)43-21-30-13-31(22-43)15-32(14-30)23-43/h4-9,27-32,44-46H,10-23H2,1-3H3. The number of aromatic hydroxyl groups is 3. The molecule has 3 aromatic carbocycles. The van der Waals surface area contributed by atoms with Crippen LogP contribution in [-0.4, -0.2) is 15.3 Å². The van der Waals surface area contributed by atoms with Crippen LogP contribution in [0.1, 0.15) is 127 Å². The fourth-order valence-corrected chi connectivity index (χ4v) is 13.3. The molecule has 8 aliphatic carbocycles. The molecule has 0 amide bonds. The number of aryl methyl sites for hydroxylation is 3. The van der Waals surface area contributed by atoms with Gasteiger partial charge in [-0.1, -0.05) is 53.1 Å². The van der Waals surface area contributed by atoms with Gasteiger partial charge in [0.15, 0.2) is 0 Å². The molecular formula is C43H52O3. The minimum atomic E-state index is 0.122. The van der Waals surface area contributed by atoms with Crippen molar-refractivity contribution in [2.45, 2.75) is 121 Å². The van der Waals surface area contributed by atoms with E-state index < -0.39 is 0 Å². The fourth-order valence-electron chi connectivity index (χ4n) is 13.3. The summed E-state index contributed by atoms with van der Waals surface area (Å²) in [5.74, 6) is 6.15. The van der Waals surface area contributed by atoms with Crippen molar-refractivity contribution >= 4 is 0 Å². The highest BCUT2D eigenvalue weighted by Gasteiger charge is 2.54. The van der Waals surface area contributed by atoms with Crippen LogP contribution >= 0.6 is 0 Å². The van der Waals surface area contributed by atoms with E-state index in [0.29, 0.717) is 30.1 Å². The Kier molecular flexibility index (Phi) is 6.53. The molecule has 242 valence electrons. The van der Waals surface area contributed by atoms with E-state index in [0.717, 1.165) is 63.3 Å². The van der Waals surface area contributed by atoms with Crippen LogP contribution in [0.15, 0.2) is 36.4 Å². The van der Waals surface area contributed by atoms with Gasteiger partial charge in [0, 0.05) is 24.0 Å². The van der Waals surface area contributed by atoms with Crippen LogP contribution in [0.4, 0.5) is 0 Å². The van der Waals surface area contributed by atoms with Gasteiger partial charge in [0.2, 0.25) is 0 Å². The maximum Gasteiger partial charge on any atom is 0.122 e. The average molecular weight is 617 g/mol. The van der Waals surface area contributed by atoms with E-state index >= 15 is 0 Å². The molecule has 0 atom stereocenters. The monoisotopic (exact) mass is 616 g/mol. The van der Waals surface area contributed by atoms with Crippen molar-refractivity contribution in [3.05, 3.63) is 86.5 Å². The fraction of sp³-hybridized carbons (Fsp3) is 0.581. The van der Waals surface area contributed by atoms with Gasteiger partial charge in [-0.15, -0.1) is 0 Å². The summed E-state index contributed by atoms with van der Waals surface area (Å²) >= 11 is 0. The van der Waals surface area contributed by atoms with Crippen LogP contribution in [0.3, 0.4) is 0 Å². The van der Waals surface area contributed by atoms with Gasteiger partial charge in [-0.3, -0.25) is 0 Å². The Morgan fingerprint density at radius 3 is 1.00 bits per heavy atom. The van der Waals surface area contributed by atoms with Gasteiger partial charge < -0.3 is 15.3 Å². The summed E-state index contributed by atoms with van der Waals surface area (Å²) < 4.78 is 0. The van der Waals surface area contributed by atoms with Crippen molar-refractivity contribution in [1.82, 2.24) is 0 Å². The SMILES string of the molecule is Cc1cc(Cc2cc(C)cc(C34CC5CC(CC(C5)C3)C4)c2O)c(O)c(Cc2cc(C)cc(C34CC5CC(CC(C5)C3)C4)c2O)c1. The van der Waals surface area contributed by atoms with Crippen LogP contribution in [0, 0.1) is 56.3 Å². The molecule has 8 aliphatic rings. The lowest BCUT2D eigenvalue weighted by Gasteiger charge is -2.57. The van der Waals surface area contributed by atoms with Gasteiger partial charge in [0.05, 0.1) is 0 Å². The normalized spacial score (nSPS) is 35.3. The minimum absolute atomic E-state index is 0.122. The molecule has 0 unspecified atom stereocenters. The lowest BCUT2D eigenvalue weighted by atomic mass is 9.48. The first-order valence-corrected chi connectivity index (χ1v) is 18.5. The lowest BCUT2D eigenvalue weighted by Crippen LogP contribution is -2.48. The number of phenolic OH excluding ortho intramolecular Hbond substituents is 3. The second-order valence-corrected chi connectivity index (χ2v) is 17.8. The van der Waals surface area contributed by atoms with Crippen molar-refractivity contribution in [3.63, 3.8) is 0 Å². The van der Waals surface area contributed by atoms with Gasteiger partial charge in [-0.05, 0) is 166 Å². The second-order valence-electron chi connectivity index (χ2n) is 17.8. The quantitative estimate of drug-likeness (QED) is 0.258. The average Bonchev–Trinajstić information content (AvgIpc) is 2.97. The number of rotatable bonds is 6. The maximum atomic E-state index is 11.9. The van der Waals surface area contributed by atoms with Gasteiger partial charge in [-0.2, -0.15) is 0 Å². The Morgan fingerprint density at radius 1 is 0.435 bits per heavy atom. The zero-order valence-corrected chi connectivity index (χ0v) is 28.2. The van der Waals surface area contributed by atoms with E-state index in [-0.39, 0.29) is 10.8 Å². The summed E-state index contributed by atoms with van der Waals surface area (Å²) in [7, 11) is 0. The van der Waals surface area contributed by atoms with E-state index in [9.17, 15) is 15.3 Å². The van der Waals surface area contributed by atoms with Crippen LogP contribution in [0.25, 0.3) is 0 Å². The zero-order chi connectivity index (χ0) is 31.5. The second kappa shape index (κ2) is 10.3. The van der Waals surface area contributed by atoms with E-state index in [2.05, 4.69) is 57.2 Å². The number of hydrogen-bond acceptors (Lipinski definition) is 3. The molecule has 0 radical (unpaired) electrons. The predicted octanol–water partition coefficient (Wildman–Crippen LogP) is 9.85. The molecule has 0 spiro atoms. The lowest BCUT2D eigenvalue weighted by molar-refractivity contribution is -0.00635. The molecule has 3 heteroatoms. The third kappa shape index (κ3) is 4.65. The van der Waals surface area contributed by atoms with Crippen molar-refractivity contribution in [2.24, 2.45) is 35.5 Å². The minimum Gasteiger partial charge on any atom is -0.507 e. The Labute approximate surface area is 275 Å². The van der Waals surface area contributed by atoms with Crippen molar-refractivity contribution in [3.8, 4) is 17.2 Å². The van der Waals surface area contributed by atoms with Crippen molar-refractivity contribution in [2.75, 3.05) is 0 Å². The van der Waals surface area contributed by atoms with E-state index in [1.165, 1.54) is 99.3 Å². The maximum absolute atomic E-state index is 11.9. The van der Waals surface area contributed by atoms with E-state index in [1.807, 2.05) is 0 Å². The molecular weight excluding hydrogens is 564 g/mol. The molecule has 0 heterocycles. The number of benzene rings is 3. The van der Waals surface area contributed by atoms with Gasteiger partial charge in [-0.25, -0.2) is 0 Å². The summed E-state index contributed by atoms with van der Waals surface area (Å²) in [6, 6.07) is 13.0. The van der Waals surface area contributed by atoms with Crippen LogP contribution in [0.2, 0.25) is 0 Å². The summed E-state index contributed by atoms with van der Waals surface area (Å²) in [6.45, 7) is 6.42. The molecule has 3 nitrogen and oxygen atoms in total. The van der Waals surface area contributed by atoms with E-state index in [1.54, 1.807) is 0 Å². The van der Waals surface area contributed by atoms with Gasteiger partial charge >= 0.3 is 0 Å². The Bertz CT molecular complexity index is 1540. The van der Waals surface area contributed by atoms with Crippen molar-refractivity contribution < 1.29 is 15.3 Å². The van der Waals surface area contributed by atoms with Crippen molar-refractivity contribution in [1.29, 1.82) is 0 Å². The molecule has 11 rings (SSSR count). The highest BCUT2D eigenvalue weighted by molar-refractivity contribution is 5.56. The van der Waals surface area contributed by atoms with Crippen LogP contribution < -0.4 is 0 Å². The molecule has 3 N–H and O–H groups in total. The molecule has 0 saturated heterocycles. The molecule has 8 bridgehead atoms. The number of phenols is 3. The summed E-state index contributed by atoms with van der Waals surface area (Å²) in [5.41, 5.74) is 9.69. The largest absolute Gasteiger partial charge is 0.507 e. The third-order valence-corrected chi connectivity index (χ3v) is 14.1. The molecule has 0 aliphatic heterocycles. The van der Waals surface area contributed by atoms with E-state index in [4.69, 9.17) is 0 Å². The van der Waals surface area contributed by atoms with Crippen LogP contribution in [-0.2, 0) is 23.7 Å².